The number of nitrogens with one attached hydrogen (secondary N) is 1. The second kappa shape index (κ2) is 10.5. The van der Waals surface area contributed by atoms with Gasteiger partial charge in [-0.15, -0.1) is 0 Å². The molecule has 3 aromatic rings. The largest absolute Gasteiger partial charge is 0.492 e. The van der Waals surface area contributed by atoms with Crippen LogP contribution in [-0.2, 0) is 20.7 Å². The number of fused-ring (bicyclic) bond motifs is 1. The number of benzene rings is 3. The summed E-state index contributed by atoms with van der Waals surface area (Å²) in [5.41, 5.74) is 1.72. The number of esters is 1. The third-order valence-corrected chi connectivity index (χ3v) is 5.44. The summed E-state index contributed by atoms with van der Waals surface area (Å²) >= 11 is 0. The van der Waals surface area contributed by atoms with Gasteiger partial charge in [-0.05, 0) is 39.0 Å². The first-order chi connectivity index (χ1) is 16.9. The highest BCUT2D eigenvalue weighted by atomic mass is 16.6. The van der Waals surface area contributed by atoms with Crippen LogP contribution in [0.5, 0.6) is 17.2 Å². The van der Waals surface area contributed by atoms with Crippen LogP contribution in [0.2, 0.25) is 0 Å². The van der Waals surface area contributed by atoms with Crippen LogP contribution in [0.1, 0.15) is 38.0 Å². The van der Waals surface area contributed by atoms with Crippen LogP contribution in [0.15, 0.2) is 72.8 Å². The number of anilines is 1. The summed E-state index contributed by atoms with van der Waals surface area (Å²) in [5, 5.41) is 2.81. The van der Waals surface area contributed by atoms with Crippen molar-refractivity contribution in [3.05, 3.63) is 83.9 Å². The quantitative estimate of drug-likeness (QED) is 0.434. The molecule has 0 aliphatic carbocycles. The standard InChI is InChI=1S/C28H29NO6/c1-4-32-22-15-9-8-14-21(22)29-27(31)26(19-11-6-5-7-12-19)34-24(30)18-33-23-16-10-13-20-17-28(2,3)35-25(20)23/h5-16,26H,4,17-18H2,1-3H3,(H,29,31). The first-order valence-corrected chi connectivity index (χ1v) is 11.6. The predicted octanol–water partition coefficient (Wildman–Crippen LogP) is 5.10. The number of hydrogen-bond acceptors (Lipinski definition) is 6. The van der Waals surface area contributed by atoms with Crippen molar-refractivity contribution in [2.45, 2.75) is 38.9 Å². The van der Waals surface area contributed by atoms with Crippen LogP contribution >= 0.6 is 0 Å². The number of carbonyl (C=O) groups is 2. The summed E-state index contributed by atoms with van der Waals surface area (Å²) < 4.78 is 22.9. The minimum Gasteiger partial charge on any atom is -0.492 e. The molecule has 1 amide bonds. The van der Waals surface area contributed by atoms with Crippen LogP contribution in [0.3, 0.4) is 0 Å². The Morgan fingerprint density at radius 2 is 1.66 bits per heavy atom. The Morgan fingerprint density at radius 3 is 2.43 bits per heavy atom. The molecule has 0 aromatic heterocycles. The zero-order chi connectivity index (χ0) is 24.8. The molecule has 3 aromatic carbocycles. The molecule has 1 heterocycles. The van der Waals surface area contributed by atoms with Gasteiger partial charge in [0.2, 0.25) is 6.10 Å². The van der Waals surface area contributed by atoms with Gasteiger partial charge in [0.05, 0.1) is 12.3 Å². The Balaban J connectivity index is 1.47. The smallest absolute Gasteiger partial charge is 0.345 e. The molecule has 1 atom stereocenters. The zero-order valence-corrected chi connectivity index (χ0v) is 20.1. The van der Waals surface area contributed by atoms with Gasteiger partial charge in [0.15, 0.2) is 18.1 Å². The van der Waals surface area contributed by atoms with E-state index in [0.29, 0.717) is 35.1 Å². The third-order valence-electron chi connectivity index (χ3n) is 5.44. The number of para-hydroxylation sites is 3. The summed E-state index contributed by atoms with van der Waals surface area (Å²) in [5.74, 6) is 0.460. The fourth-order valence-corrected chi connectivity index (χ4v) is 3.95. The lowest BCUT2D eigenvalue weighted by atomic mass is 10.0. The molecule has 4 rings (SSSR count). The van der Waals surface area contributed by atoms with E-state index in [0.717, 1.165) is 12.0 Å². The van der Waals surface area contributed by atoms with E-state index in [2.05, 4.69) is 5.32 Å². The van der Waals surface area contributed by atoms with Crippen molar-refractivity contribution in [2.75, 3.05) is 18.5 Å². The minimum absolute atomic E-state index is 0.337. The van der Waals surface area contributed by atoms with Crippen molar-refractivity contribution in [3.8, 4) is 17.2 Å². The summed E-state index contributed by atoms with van der Waals surface area (Å²) in [6.07, 6.45) is -0.414. The summed E-state index contributed by atoms with van der Waals surface area (Å²) in [6, 6.07) is 21.5. The normalized spacial score (nSPS) is 14.3. The van der Waals surface area contributed by atoms with Crippen LogP contribution in [0.25, 0.3) is 0 Å². The van der Waals surface area contributed by atoms with Gasteiger partial charge in [0.1, 0.15) is 11.4 Å². The van der Waals surface area contributed by atoms with Gasteiger partial charge in [-0.1, -0.05) is 54.6 Å². The number of amides is 1. The Bertz CT molecular complexity index is 1190. The minimum atomic E-state index is -1.17. The van der Waals surface area contributed by atoms with Crippen molar-refractivity contribution < 1.29 is 28.5 Å². The van der Waals surface area contributed by atoms with Gasteiger partial charge in [0.25, 0.3) is 5.91 Å². The lowest BCUT2D eigenvalue weighted by Gasteiger charge is -2.20. The molecule has 1 unspecified atom stereocenters. The molecule has 1 aliphatic heterocycles. The van der Waals surface area contributed by atoms with Gasteiger partial charge in [-0.2, -0.15) is 0 Å². The number of hydrogen-bond donors (Lipinski definition) is 1. The summed E-state index contributed by atoms with van der Waals surface area (Å²) in [6.45, 7) is 5.94. The summed E-state index contributed by atoms with van der Waals surface area (Å²) in [4.78, 5) is 26.0. The van der Waals surface area contributed by atoms with Gasteiger partial charge in [0, 0.05) is 17.5 Å². The van der Waals surface area contributed by atoms with Crippen LogP contribution < -0.4 is 19.5 Å². The van der Waals surface area contributed by atoms with Gasteiger partial charge in [-0.25, -0.2) is 4.79 Å². The molecule has 0 radical (unpaired) electrons. The van der Waals surface area contributed by atoms with Crippen LogP contribution in [0, 0.1) is 0 Å². The monoisotopic (exact) mass is 475 g/mol. The molecular weight excluding hydrogens is 446 g/mol. The second-order valence-corrected chi connectivity index (χ2v) is 8.77. The highest BCUT2D eigenvalue weighted by Crippen LogP contribution is 2.41. The Labute approximate surface area is 205 Å². The maximum Gasteiger partial charge on any atom is 0.345 e. The molecule has 1 N–H and O–H groups in total. The lowest BCUT2D eigenvalue weighted by Crippen LogP contribution is -2.28. The number of ether oxygens (including phenoxy) is 4. The molecule has 182 valence electrons. The molecule has 7 heteroatoms. The molecule has 0 saturated carbocycles. The first-order valence-electron chi connectivity index (χ1n) is 11.6. The van der Waals surface area contributed by atoms with E-state index in [-0.39, 0.29) is 12.2 Å². The van der Waals surface area contributed by atoms with Crippen molar-refractivity contribution in [3.63, 3.8) is 0 Å². The highest BCUT2D eigenvalue weighted by Gasteiger charge is 2.33. The van der Waals surface area contributed by atoms with Gasteiger partial charge >= 0.3 is 5.97 Å². The van der Waals surface area contributed by atoms with E-state index in [9.17, 15) is 9.59 Å². The fraction of sp³-hybridized carbons (Fsp3) is 0.286. The number of rotatable bonds is 9. The van der Waals surface area contributed by atoms with Crippen LogP contribution in [0.4, 0.5) is 5.69 Å². The van der Waals surface area contributed by atoms with E-state index in [1.807, 2.05) is 45.0 Å². The molecule has 0 spiro atoms. The maximum atomic E-state index is 13.2. The first kappa shape index (κ1) is 24.1. The average molecular weight is 476 g/mol. The predicted molar refractivity (Wildman–Crippen MR) is 132 cm³/mol. The van der Waals surface area contributed by atoms with Crippen LogP contribution in [-0.4, -0.2) is 30.7 Å². The molecule has 0 saturated heterocycles. The topological polar surface area (TPSA) is 83.1 Å². The van der Waals surface area contributed by atoms with E-state index in [1.54, 1.807) is 48.5 Å². The SMILES string of the molecule is CCOc1ccccc1NC(=O)C(OC(=O)COc1cccc2c1OC(C)(C)C2)c1ccccc1. The van der Waals surface area contributed by atoms with Gasteiger partial charge in [-0.3, -0.25) is 4.79 Å². The van der Waals surface area contributed by atoms with Crippen molar-refractivity contribution in [1.29, 1.82) is 0 Å². The molecule has 0 bridgehead atoms. The summed E-state index contributed by atoms with van der Waals surface area (Å²) in [7, 11) is 0. The van der Waals surface area contributed by atoms with E-state index < -0.39 is 18.0 Å². The molecular formula is C28H29NO6. The van der Waals surface area contributed by atoms with Gasteiger partial charge < -0.3 is 24.3 Å². The van der Waals surface area contributed by atoms with E-state index in [4.69, 9.17) is 18.9 Å². The zero-order valence-electron chi connectivity index (χ0n) is 20.1. The van der Waals surface area contributed by atoms with Crippen molar-refractivity contribution >= 4 is 17.6 Å². The lowest BCUT2D eigenvalue weighted by molar-refractivity contribution is -0.156. The highest BCUT2D eigenvalue weighted by molar-refractivity contribution is 5.97. The molecule has 0 fully saturated rings. The molecule has 7 nitrogen and oxygen atoms in total. The Hall–Kier alpha value is -4.00. The van der Waals surface area contributed by atoms with E-state index in [1.165, 1.54) is 0 Å². The van der Waals surface area contributed by atoms with E-state index >= 15 is 0 Å². The number of carbonyl (C=O) groups excluding carboxylic acids is 2. The molecule has 35 heavy (non-hydrogen) atoms. The Kier molecular flexibility index (Phi) is 7.25. The van der Waals surface area contributed by atoms with Crippen molar-refractivity contribution in [2.24, 2.45) is 0 Å². The average Bonchev–Trinajstić information content (AvgIpc) is 3.17. The Morgan fingerprint density at radius 1 is 0.943 bits per heavy atom. The van der Waals surface area contributed by atoms with Crippen molar-refractivity contribution in [1.82, 2.24) is 0 Å². The third kappa shape index (κ3) is 5.93. The fourth-order valence-electron chi connectivity index (χ4n) is 3.95. The second-order valence-electron chi connectivity index (χ2n) is 8.77. The maximum absolute atomic E-state index is 13.2. The molecule has 1 aliphatic rings.